The van der Waals surface area contributed by atoms with Gasteiger partial charge in [0.1, 0.15) is 10.8 Å². The number of aromatic nitrogens is 4. The van der Waals surface area contributed by atoms with Crippen molar-refractivity contribution in [3.8, 4) is 0 Å². The summed E-state index contributed by atoms with van der Waals surface area (Å²) < 4.78 is 15.5. The van der Waals surface area contributed by atoms with E-state index in [0.29, 0.717) is 5.92 Å². The molecular formula is C18H24ClFN6O2. The molecule has 1 aliphatic rings. The molecule has 1 saturated carbocycles. The highest BCUT2D eigenvalue weighted by Crippen LogP contribution is 2.30. The summed E-state index contributed by atoms with van der Waals surface area (Å²) in [6.07, 6.45) is 5.19. The predicted molar refractivity (Wildman–Crippen MR) is 104 cm³/mol. The molecule has 2 atom stereocenters. The van der Waals surface area contributed by atoms with E-state index < -0.39 is 29.5 Å². The molecule has 1 fully saturated rings. The molecule has 10 heteroatoms. The Morgan fingerprint density at radius 3 is 2.79 bits per heavy atom. The summed E-state index contributed by atoms with van der Waals surface area (Å²) >= 11 is 5.82. The van der Waals surface area contributed by atoms with Crippen LogP contribution in [0.5, 0.6) is 0 Å². The van der Waals surface area contributed by atoms with Gasteiger partial charge in [-0.25, -0.2) is 5.10 Å². The maximum absolute atomic E-state index is 14.3. The lowest BCUT2D eigenvalue weighted by Gasteiger charge is -2.29. The number of carbonyl (C=O) groups excluding carboxylic acids is 1. The zero-order valence-corrected chi connectivity index (χ0v) is 16.5. The van der Waals surface area contributed by atoms with Gasteiger partial charge in [0.15, 0.2) is 0 Å². The van der Waals surface area contributed by atoms with Crippen molar-refractivity contribution in [1.82, 2.24) is 20.0 Å². The number of halogens is 2. The van der Waals surface area contributed by atoms with Crippen molar-refractivity contribution >= 4 is 23.2 Å². The number of nitrogens with zero attached hydrogens (tertiary/aromatic N) is 3. The molecule has 0 radical (unpaired) electrons. The fourth-order valence-electron chi connectivity index (χ4n) is 3.57. The topological polar surface area (TPSA) is 119 Å². The molecule has 4 N–H and O–H groups in total. The lowest BCUT2D eigenvalue weighted by atomic mass is 9.79. The van der Waals surface area contributed by atoms with Gasteiger partial charge in [0.2, 0.25) is 5.91 Å². The number of amides is 1. The monoisotopic (exact) mass is 410 g/mol. The number of anilines is 1. The van der Waals surface area contributed by atoms with E-state index in [2.05, 4.69) is 27.5 Å². The fourth-order valence-corrected chi connectivity index (χ4v) is 3.73. The number of H-pyrrole nitrogens is 1. The molecule has 1 amide bonds. The van der Waals surface area contributed by atoms with E-state index in [1.165, 1.54) is 16.9 Å². The minimum absolute atomic E-state index is 0.0759. The van der Waals surface area contributed by atoms with Crippen LogP contribution in [0.25, 0.3) is 0 Å². The molecule has 1 aliphatic carbocycles. The van der Waals surface area contributed by atoms with Crippen molar-refractivity contribution in [1.29, 1.82) is 0 Å². The molecule has 8 nitrogen and oxygen atoms in total. The van der Waals surface area contributed by atoms with Crippen LogP contribution in [0.4, 0.5) is 10.1 Å². The van der Waals surface area contributed by atoms with E-state index in [1.54, 1.807) is 6.92 Å². The highest BCUT2D eigenvalue weighted by atomic mass is 35.5. The zero-order chi connectivity index (χ0) is 20.4. The molecule has 0 spiro atoms. The Hall–Kier alpha value is -2.26. The van der Waals surface area contributed by atoms with Gasteiger partial charge >= 0.3 is 0 Å². The van der Waals surface area contributed by atoms with E-state index in [-0.39, 0.29) is 22.3 Å². The second-order valence-corrected chi connectivity index (χ2v) is 7.89. The molecule has 2 heterocycles. The third-order valence-electron chi connectivity index (χ3n) is 5.46. The van der Waals surface area contributed by atoms with Crippen molar-refractivity contribution in [2.24, 2.45) is 17.6 Å². The number of rotatable bonds is 5. The van der Waals surface area contributed by atoms with Crippen LogP contribution in [-0.2, 0) is 4.79 Å². The number of carbonyl (C=O) groups is 1. The van der Waals surface area contributed by atoms with Crippen LogP contribution in [0.2, 0.25) is 5.15 Å². The van der Waals surface area contributed by atoms with Crippen LogP contribution in [0.3, 0.4) is 0 Å². The first-order valence-electron chi connectivity index (χ1n) is 9.32. The average Bonchev–Trinajstić information content (AvgIpc) is 3.03. The summed E-state index contributed by atoms with van der Waals surface area (Å²) in [7, 11) is 0. The van der Waals surface area contributed by atoms with Crippen molar-refractivity contribution in [2.75, 3.05) is 5.32 Å². The van der Waals surface area contributed by atoms with Crippen molar-refractivity contribution in [2.45, 2.75) is 51.6 Å². The van der Waals surface area contributed by atoms with Gasteiger partial charge in [-0.2, -0.15) is 9.49 Å². The van der Waals surface area contributed by atoms with Crippen molar-refractivity contribution < 1.29 is 9.18 Å². The number of hydrogen-bond acceptors (Lipinski definition) is 5. The first-order valence-corrected chi connectivity index (χ1v) is 9.70. The van der Waals surface area contributed by atoms with Crippen LogP contribution in [-0.4, -0.2) is 31.9 Å². The maximum Gasteiger partial charge on any atom is 0.269 e. The lowest BCUT2D eigenvalue weighted by molar-refractivity contribution is -0.118. The van der Waals surface area contributed by atoms with E-state index in [0.717, 1.165) is 25.7 Å². The molecule has 2 aromatic rings. The zero-order valence-electron chi connectivity index (χ0n) is 15.8. The Labute approximate surface area is 166 Å². The Bertz CT molecular complexity index is 906. The Morgan fingerprint density at radius 1 is 1.43 bits per heavy atom. The standard InChI is InChI=1S/C18H24ClFN6O2/c1-9-3-5-11(6-4-9)15(21)18(28)22-13-8-26(25-16(13)20)10(2)12-7-14(19)23-24-17(12)27/h7-11,15H,3-6,21H2,1-2H3,(H,22,28)(H,24,27)/t9?,10-,11?,15-/m0/s1. The summed E-state index contributed by atoms with van der Waals surface area (Å²) in [5.74, 6) is -0.545. The van der Waals surface area contributed by atoms with Gasteiger partial charge in [-0.3, -0.25) is 14.3 Å². The molecule has 0 aromatic carbocycles. The van der Waals surface area contributed by atoms with E-state index in [4.69, 9.17) is 17.3 Å². The molecular weight excluding hydrogens is 387 g/mol. The third-order valence-corrected chi connectivity index (χ3v) is 5.66. The van der Waals surface area contributed by atoms with Gasteiger partial charge < -0.3 is 11.1 Å². The Kier molecular flexibility index (Phi) is 6.14. The summed E-state index contributed by atoms with van der Waals surface area (Å²) in [4.78, 5) is 24.4. The smallest absolute Gasteiger partial charge is 0.269 e. The molecule has 0 saturated heterocycles. The second-order valence-electron chi connectivity index (χ2n) is 7.50. The minimum atomic E-state index is -0.846. The molecule has 0 unspecified atom stereocenters. The fraction of sp³-hybridized carbons (Fsp3) is 0.556. The van der Waals surface area contributed by atoms with Gasteiger partial charge in [0.25, 0.3) is 11.5 Å². The summed E-state index contributed by atoms with van der Waals surface area (Å²) in [5, 5.41) is 12.3. The highest BCUT2D eigenvalue weighted by Gasteiger charge is 2.29. The number of hydrogen-bond donors (Lipinski definition) is 3. The number of nitrogens with two attached hydrogens (primary N) is 1. The average molecular weight is 411 g/mol. The van der Waals surface area contributed by atoms with E-state index in [9.17, 15) is 14.0 Å². The van der Waals surface area contributed by atoms with Crippen LogP contribution < -0.4 is 16.6 Å². The van der Waals surface area contributed by atoms with Gasteiger partial charge in [0, 0.05) is 5.56 Å². The van der Waals surface area contributed by atoms with Crippen LogP contribution in [0.15, 0.2) is 17.1 Å². The quantitative estimate of drug-likeness (QED) is 0.699. The number of aromatic amines is 1. The van der Waals surface area contributed by atoms with E-state index >= 15 is 0 Å². The predicted octanol–water partition coefficient (Wildman–Crippen LogP) is 2.46. The molecule has 2 aromatic heterocycles. The van der Waals surface area contributed by atoms with Gasteiger partial charge in [-0.05, 0) is 37.7 Å². The summed E-state index contributed by atoms with van der Waals surface area (Å²) in [5.41, 5.74) is 5.84. The molecule has 0 bridgehead atoms. The molecule has 3 rings (SSSR count). The van der Waals surface area contributed by atoms with Crippen LogP contribution in [0.1, 0.15) is 51.1 Å². The van der Waals surface area contributed by atoms with Crippen molar-refractivity contribution in [3.63, 3.8) is 0 Å². The van der Waals surface area contributed by atoms with Crippen LogP contribution >= 0.6 is 11.6 Å². The first kappa shape index (κ1) is 20.5. The van der Waals surface area contributed by atoms with E-state index in [1.807, 2.05) is 0 Å². The van der Waals surface area contributed by atoms with Crippen LogP contribution in [0, 0.1) is 17.8 Å². The largest absolute Gasteiger partial charge is 0.320 e. The van der Waals surface area contributed by atoms with Gasteiger partial charge in [-0.1, -0.05) is 31.4 Å². The molecule has 152 valence electrons. The third kappa shape index (κ3) is 4.41. The first-order chi connectivity index (χ1) is 13.3. The second kappa shape index (κ2) is 8.40. The van der Waals surface area contributed by atoms with Gasteiger partial charge in [-0.15, -0.1) is 5.10 Å². The SMILES string of the molecule is CC1CCC([C@H](N)C(=O)Nc2cn([C@@H](C)c3cc(Cl)n[nH]c3=O)nc2F)CC1. The Morgan fingerprint density at radius 2 is 2.11 bits per heavy atom. The van der Waals surface area contributed by atoms with Crippen molar-refractivity contribution in [3.05, 3.63) is 39.3 Å². The maximum atomic E-state index is 14.3. The molecule has 0 aliphatic heterocycles. The normalized spacial score (nSPS) is 21.9. The summed E-state index contributed by atoms with van der Waals surface area (Å²) in [6, 6.07) is 0.0792. The Balaban J connectivity index is 1.72. The number of nitrogens with one attached hydrogen (secondary N) is 2. The molecule has 28 heavy (non-hydrogen) atoms. The lowest BCUT2D eigenvalue weighted by Crippen LogP contribution is -2.43. The van der Waals surface area contributed by atoms with Gasteiger partial charge in [0.05, 0.1) is 18.3 Å². The minimum Gasteiger partial charge on any atom is -0.320 e. The highest BCUT2D eigenvalue weighted by molar-refractivity contribution is 6.29. The summed E-state index contributed by atoms with van der Waals surface area (Å²) in [6.45, 7) is 3.85.